The maximum absolute atomic E-state index is 12.2. The summed E-state index contributed by atoms with van der Waals surface area (Å²) in [4.78, 5) is 16.7. The van der Waals surface area contributed by atoms with Gasteiger partial charge in [-0.3, -0.25) is 9.36 Å². The summed E-state index contributed by atoms with van der Waals surface area (Å²) in [6, 6.07) is 14.1. The molecule has 5 heteroatoms. The van der Waals surface area contributed by atoms with Gasteiger partial charge in [0.05, 0.1) is 11.0 Å². The third-order valence-electron chi connectivity index (χ3n) is 4.24. The number of amides is 1. The highest BCUT2D eigenvalue weighted by atomic mass is 16.5. The van der Waals surface area contributed by atoms with Gasteiger partial charge < -0.3 is 10.1 Å². The van der Waals surface area contributed by atoms with E-state index in [1.165, 1.54) is 5.56 Å². The maximum Gasteiger partial charge on any atom is 0.251 e. The van der Waals surface area contributed by atoms with Crippen LogP contribution in [0.25, 0.3) is 16.7 Å². The molecule has 25 heavy (non-hydrogen) atoms. The molecule has 0 unspecified atom stereocenters. The number of carbonyl (C=O) groups is 1. The predicted molar refractivity (Wildman–Crippen MR) is 99.3 cm³/mol. The van der Waals surface area contributed by atoms with E-state index in [1.54, 1.807) is 13.4 Å². The molecule has 3 rings (SSSR count). The Labute approximate surface area is 147 Å². The molecule has 130 valence electrons. The molecule has 1 N–H and O–H groups in total. The molecule has 1 aromatic heterocycles. The molecule has 0 aliphatic rings. The molecular formula is C20H23N3O2. The minimum atomic E-state index is -0.0835. The van der Waals surface area contributed by atoms with E-state index in [0.29, 0.717) is 18.7 Å². The van der Waals surface area contributed by atoms with Crippen molar-refractivity contribution >= 4 is 16.9 Å². The number of hydrogen-bond donors (Lipinski definition) is 1. The first-order valence-corrected chi connectivity index (χ1v) is 8.56. The van der Waals surface area contributed by atoms with Crippen LogP contribution in [-0.4, -0.2) is 35.7 Å². The fourth-order valence-electron chi connectivity index (χ4n) is 2.77. The van der Waals surface area contributed by atoms with E-state index in [9.17, 15) is 4.79 Å². The van der Waals surface area contributed by atoms with Gasteiger partial charge in [-0.1, -0.05) is 19.1 Å². The number of rotatable bonds is 7. The quantitative estimate of drug-likeness (QED) is 0.673. The van der Waals surface area contributed by atoms with Crippen molar-refractivity contribution in [2.75, 3.05) is 20.3 Å². The van der Waals surface area contributed by atoms with E-state index in [2.05, 4.69) is 41.5 Å². The molecule has 0 saturated heterocycles. The number of aromatic nitrogens is 2. The van der Waals surface area contributed by atoms with Crippen LogP contribution in [0.2, 0.25) is 0 Å². The van der Waals surface area contributed by atoms with Crippen molar-refractivity contribution in [2.24, 2.45) is 0 Å². The Morgan fingerprint density at radius 3 is 2.72 bits per heavy atom. The lowest BCUT2D eigenvalue weighted by Gasteiger charge is -2.07. The summed E-state index contributed by atoms with van der Waals surface area (Å²) in [5, 5.41) is 2.90. The van der Waals surface area contributed by atoms with E-state index in [4.69, 9.17) is 4.74 Å². The standard InChI is InChI=1S/C20H23N3O2/c1-3-15-5-8-17(9-6-15)23-14-22-18-13-16(7-10-19(18)23)20(24)21-11-4-12-25-2/h5-10,13-14H,3-4,11-12H2,1-2H3,(H,21,24). The molecule has 1 heterocycles. The third kappa shape index (κ3) is 3.88. The Bertz CT molecular complexity index is 853. The van der Waals surface area contributed by atoms with Crippen molar-refractivity contribution in [1.82, 2.24) is 14.9 Å². The maximum atomic E-state index is 12.2. The molecule has 0 atom stereocenters. The molecule has 1 amide bonds. The van der Waals surface area contributed by atoms with Crippen LogP contribution in [0, 0.1) is 0 Å². The molecule has 0 bridgehead atoms. The normalized spacial score (nSPS) is 11.0. The van der Waals surface area contributed by atoms with Crippen molar-refractivity contribution in [3.8, 4) is 5.69 Å². The lowest BCUT2D eigenvalue weighted by molar-refractivity contribution is 0.0948. The SMILES string of the molecule is CCc1ccc(-n2cnc3cc(C(=O)NCCCOC)ccc32)cc1. The summed E-state index contributed by atoms with van der Waals surface area (Å²) < 4.78 is 7.02. The zero-order valence-electron chi connectivity index (χ0n) is 14.7. The summed E-state index contributed by atoms with van der Waals surface area (Å²) in [5.41, 5.74) is 4.79. The molecule has 5 nitrogen and oxygen atoms in total. The minimum Gasteiger partial charge on any atom is -0.385 e. The summed E-state index contributed by atoms with van der Waals surface area (Å²) in [6.45, 7) is 3.38. The van der Waals surface area contributed by atoms with Gasteiger partial charge >= 0.3 is 0 Å². The summed E-state index contributed by atoms with van der Waals surface area (Å²) in [5.74, 6) is -0.0835. The fourth-order valence-corrected chi connectivity index (χ4v) is 2.77. The number of imidazole rings is 1. The number of hydrogen-bond acceptors (Lipinski definition) is 3. The van der Waals surface area contributed by atoms with Gasteiger partial charge in [-0.05, 0) is 48.7 Å². The summed E-state index contributed by atoms with van der Waals surface area (Å²) in [7, 11) is 1.65. The topological polar surface area (TPSA) is 56.2 Å². The van der Waals surface area contributed by atoms with E-state index in [0.717, 1.165) is 29.6 Å². The minimum absolute atomic E-state index is 0.0835. The number of nitrogens with zero attached hydrogens (tertiary/aromatic N) is 2. The third-order valence-corrected chi connectivity index (χ3v) is 4.24. The van der Waals surface area contributed by atoms with Crippen molar-refractivity contribution < 1.29 is 9.53 Å². The molecule has 2 aromatic carbocycles. The average molecular weight is 337 g/mol. The number of carbonyl (C=O) groups excluding carboxylic acids is 1. The van der Waals surface area contributed by atoms with Gasteiger partial charge in [0.25, 0.3) is 5.91 Å². The summed E-state index contributed by atoms with van der Waals surface area (Å²) in [6.07, 6.45) is 3.62. The first-order valence-electron chi connectivity index (χ1n) is 8.56. The Balaban J connectivity index is 1.79. The smallest absolute Gasteiger partial charge is 0.251 e. The zero-order chi connectivity index (χ0) is 17.6. The fraction of sp³-hybridized carbons (Fsp3) is 0.300. The van der Waals surface area contributed by atoms with Gasteiger partial charge in [-0.2, -0.15) is 0 Å². The lowest BCUT2D eigenvalue weighted by atomic mass is 10.1. The lowest BCUT2D eigenvalue weighted by Crippen LogP contribution is -2.25. The Kier molecular flexibility index (Phi) is 5.46. The number of ether oxygens (including phenoxy) is 1. The van der Waals surface area contributed by atoms with Crippen LogP contribution in [0.4, 0.5) is 0 Å². The van der Waals surface area contributed by atoms with Gasteiger partial charge in [0.2, 0.25) is 0 Å². The number of nitrogens with one attached hydrogen (secondary N) is 1. The second kappa shape index (κ2) is 7.94. The molecule has 0 aliphatic carbocycles. The number of aryl methyl sites for hydroxylation is 1. The summed E-state index contributed by atoms with van der Waals surface area (Å²) >= 11 is 0. The van der Waals surface area contributed by atoms with Gasteiger partial charge in [-0.25, -0.2) is 4.98 Å². The molecule has 0 saturated carbocycles. The van der Waals surface area contributed by atoms with Crippen LogP contribution in [0.3, 0.4) is 0 Å². The Morgan fingerprint density at radius 1 is 1.20 bits per heavy atom. The average Bonchev–Trinajstić information content (AvgIpc) is 3.08. The largest absolute Gasteiger partial charge is 0.385 e. The van der Waals surface area contributed by atoms with Crippen molar-refractivity contribution in [2.45, 2.75) is 19.8 Å². The molecular weight excluding hydrogens is 314 g/mol. The Hall–Kier alpha value is -2.66. The van der Waals surface area contributed by atoms with Crippen LogP contribution in [0.5, 0.6) is 0 Å². The van der Waals surface area contributed by atoms with E-state index in [1.807, 2.05) is 22.8 Å². The van der Waals surface area contributed by atoms with Crippen LogP contribution in [0.1, 0.15) is 29.3 Å². The van der Waals surface area contributed by atoms with Gasteiger partial charge in [0, 0.05) is 31.5 Å². The number of benzene rings is 2. The highest BCUT2D eigenvalue weighted by Crippen LogP contribution is 2.20. The van der Waals surface area contributed by atoms with Crippen molar-refractivity contribution in [1.29, 1.82) is 0 Å². The molecule has 0 aliphatic heterocycles. The first kappa shape index (κ1) is 17.2. The van der Waals surface area contributed by atoms with Crippen LogP contribution < -0.4 is 5.32 Å². The Morgan fingerprint density at radius 2 is 2.00 bits per heavy atom. The molecule has 0 radical (unpaired) electrons. The van der Waals surface area contributed by atoms with E-state index < -0.39 is 0 Å². The second-order valence-electron chi connectivity index (χ2n) is 5.94. The van der Waals surface area contributed by atoms with Crippen LogP contribution in [-0.2, 0) is 11.2 Å². The first-order chi connectivity index (χ1) is 12.2. The molecule has 0 spiro atoms. The number of fused-ring (bicyclic) bond motifs is 1. The molecule has 3 aromatic rings. The van der Waals surface area contributed by atoms with E-state index in [-0.39, 0.29) is 5.91 Å². The molecule has 0 fully saturated rings. The van der Waals surface area contributed by atoms with Crippen molar-refractivity contribution in [3.63, 3.8) is 0 Å². The van der Waals surface area contributed by atoms with Gasteiger partial charge in [-0.15, -0.1) is 0 Å². The highest BCUT2D eigenvalue weighted by Gasteiger charge is 2.10. The highest BCUT2D eigenvalue weighted by molar-refractivity contribution is 5.97. The predicted octanol–water partition coefficient (Wildman–Crippen LogP) is 3.35. The van der Waals surface area contributed by atoms with Gasteiger partial charge in [0.1, 0.15) is 6.33 Å². The number of methoxy groups -OCH3 is 1. The van der Waals surface area contributed by atoms with Crippen LogP contribution in [0.15, 0.2) is 48.8 Å². The van der Waals surface area contributed by atoms with Crippen LogP contribution >= 0.6 is 0 Å². The second-order valence-corrected chi connectivity index (χ2v) is 5.94. The van der Waals surface area contributed by atoms with Gasteiger partial charge in [0.15, 0.2) is 0 Å². The van der Waals surface area contributed by atoms with E-state index >= 15 is 0 Å². The van der Waals surface area contributed by atoms with Crippen molar-refractivity contribution in [3.05, 3.63) is 59.9 Å². The zero-order valence-corrected chi connectivity index (χ0v) is 14.7. The monoisotopic (exact) mass is 337 g/mol.